The van der Waals surface area contributed by atoms with Crippen LogP contribution in [0.1, 0.15) is 45.7 Å². The van der Waals surface area contributed by atoms with E-state index in [1.54, 1.807) is 6.07 Å². The highest BCUT2D eigenvalue weighted by molar-refractivity contribution is 5.23. The average molecular weight is 252 g/mol. The molecule has 2 unspecified atom stereocenters. The van der Waals surface area contributed by atoms with Gasteiger partial charge in [-0.3, -0.25) is 4.90 Å². The van der Waals surface area contributed by atoms with Crippen molar-refractivity contribution in [2.24, 2.45) is 5.73 Å². The number of nitrogens with two attached hydrogens (primary N) is 1. The Hall–Kier alpha value is -0.930. The highest BCUT2D eigenvalue weighted by Crippen LogP contribution is 2.31. The van der Waals surface area contributed by atoms with Crippen molar-refractivity contribution < 1.29 is 4.39 Å². The molecule has 0 aliphatic carbocycles. The first-order valence-electron chi connectivity index (χ1n) is 6.54. The Morgan fingerprint density at radius 2 is 1.89 bits per heavy atom. The predicted molar refractivity (Wildman–Crippen MR) is 74.9 cm³/mol. The summed E-state index contributed by atoms with van der Waals surface area (Å²) in [4.78, 5) is 2.18. The molecule has 3 heteroatoms. The SMILES string of the molecule is CCC(C)(C)N(C)C(c1ccccc1F)C(C)N. The Morgan fingerprint density at radius 3 is 2.33 bits per heavy atom. The van der Waals surface area contributed by atoms with Gasteiger partial charge in [0.1, 0.15) is 5.82 Å². The van der Waals surface area contributed by atoms with Crippen molar-refractivity contribution in [1.29, 1.82) is 0 Å². The normalized spacial score (nSPS) is 15.8. The number of nitrogens with zero attached hydrogens (tertiary/aromatic N) is 1. The van der Waals surface area contributed by atoms with Crippen LogP contribution >= 0.6 is 0 Å². The molecule has 2 atom stereocenters. The second kappa shape index (κ2) is 5.81. The molecule has 0 bridgehead atoms. The van der Waals surface area contributed by atoms with Gasteiger partial charge < -0.3 is 5.73 Å². The van der Waals surface area contributed by atoms with Gasteiger partial charge in [-0.05, 0) is 40.3 Å². The van der Waals surface area contributed by atoms with E-state index < -0.39 is 0 Å². The predicted octanol–water partition coefficient (Wildman–Crippen LogP) is 3.33. The minimum atomic E-state index is -0.182. The highest BCUT2D eigenvalue weighted by atomic mass is 19.1. The third-order valence-electron chi connectivity index (χ3n) is 3.96. The van der Waals surface area contributed by atoms with Crippen molar-refractivity contribution in [3.8, 4) is 0 Å². The van der Waals surface area contributed by atoms with Crippen LogP contribution in [0.5, 0.6) is 0 Å². The minimum Gasteiger partial charge on any atom is -0.326 e. The van der Waals surface area contributed by atoms with Gasteiger partial charge in [-0.1, -0.05) is 25.1 Å². The number of halogens is 1. The lowest BCUT2D eigenvalue weighted by Gasteiger charge is -2.42. The second-order valence-electron chi connectivity index (χ2n) is 5.60. The molecule has 1 aromatic rings. The van der Waals surface area contributed by atoms with E-state index in [9.17, 15) is 4.39 Å². The molecule has 0 fully saturated rings. The fourth-order valence-electron chi connectivity index (χ4n) is 2.19. The summed E-state index contributed by atoms with van der Waals surface area (Å²) in [7, 11) is 2.02. The molecule has 0 amide bonds. The third-order valence-corrected chi connectivity index (χ3v) is 3.96. The molecule has 102 valence electrons. The van der Waals surface area contributed by atoms with Gasteiger partial charge in [0.2, 0.25) is 0 Å². The van der Waals surface area contributed by atoms with Crippen LogP contribution in [0, 0.1) is 5.82 Å². The molecule has 0 aliphatic rings. The fraction of sp³-hybridized carbons (Fsp3) is 0.600. The summed E-state index contributed by atoms with van der Waals surface area (Å²) in [5.74, 6) is -0.182. The van der Waals surface area contributed by atoms with Crippen LogP contribution in [-0.4, -0.2) is 23.5 Å². The standard InChI is InChI=1S/C15H25FN2/c1-6-15(3,4)18(5)14(11(2)17)12-9-7-8-10-13(12)16/h7-11,14H,6,17H2,1-5H3. The molecule has 2 nitrogen and oxygen atoms in total. The highest BCUT2D eigenvalue weighted by Gasteiger charge is 2.32. The molecule has 0 saturated carbocycles. The Morgan fingerprint density at radius 1 is 1.33 bits per heavy atom. The van der Waals surface area contributed by atoms with Gasteiger partial charge in [0.05, 0.1) is 6.04 Å². The van der Waals surface area contributed by atoms with E-state index in [4.69, 9.17) is 5.73 Å². The first-order chi connectivity index (χ1) is 8.31. The molecule has 0 aromatic heterocycles. The minimum absolute atomic E-state index is 0.0133. The maximum absolute atomic E-state index is 14.0. The maximum atomic E-state index is 14.0. The zero-order valence-corrected chi connectivity index (χ0v) is 12.1. The molecule has 0 aliphatic heterocycles. The number of hydrogen-bond donors (Lipinski definition) is 1. The Balaban J connectivity index is 3.16. The second-order valence-corrected chi connectivity index (χ2v) is 5.60. The Bertz CT molecular complexity index is 388. The molecular weight excluding hydrogens is 227 g/mol. The van der Waals surface area contributed by atoms with Crippen LogP contribution in [0.3, 0.4) is 0 Å². The topological polar surface area (TPSA) is 29.3 Å². The molecule has 18 heavy (non-hydrogen) atoms. The van der Waals surface area contributed by atoms with Crippen LogP contribution < -0.4 is 5.73 Å². The molecule has 0 heterocycles. The van der Waals surface area contributed by atoms with Gasteiger partial charge in [0, 0.05) is 17.1 Å². The maximum Gasteiger partial charge on any atom is 0.128 e. The van der Waals surface area contributed by atoms with Crippen molar-refractivity contribution in [2.75, 3.05) is 7.05 Å². The molecule has 1 aromatic carbocycles. The van der Waals surface area contributed by atoms with Crippen molar-refractivity contribution in [3.63, 3.8) is 0 Å². The smallest absolute Gasteiger partial charge is 0.128 e. The molecular formula is C15H25FN2. The number of hydrogen-bond acceptors (Lipinski definition) is 2. The van der Waals surface area contributed by atoms with Gasteiger partial charge in [-0.25, -0.2) is 4.39 Å². The molecule has 2 N–H and O–H groups in total. The van der Waals surface area contributed by atoms with Crippen LogP contribution in [0.25, 0.3) is 0 Å². The molecule has 0 radical (unpaired) electrons. The van der Waals surface area contributed by atoms with Gasteiger partial charge in [0.15, 0.2) is 0 Å². The number of likely N-dealkylation sites (N-methyl/N-ethyl adjacent to an activating group) is 1. The summed E-state index contributed by atoms with van der Waals surface area (Å²) < 4.78 is 14.0. The summed E-state index contributed by atoms with van der Waals surface area (Å²) >= 11 is 0. The fourth-order valence-corrected chi connectivity index (χ4v) is 2.19. The quantitative estimate of drug-likeness (QED) is 0.871. The van der Waals surface area contributed by atoms with Crippen LogP contribution in [-0.2, 0) is 0 Å². The lowest BCUT2D eigenvalue weighted by Crippen LogP contribution is -2.48. The van der Waals surface area contributed by atoms with Crippen molar-refractivity contribution >= 4 is 0 Å². The Kier molecular flexibility index (Phi) is 4.88. The van der Waals surface area contributed by atoms with Gasteiger partial charge in [0.25, 0.3) is 0 Å². The van der Waals surface area contributed by atoms with Crippen molar-refractivity contribution in [1.82, 2.24) is 4.90 Å². The Labute approximate surface area is 110 Å². The van der Waals surface area contributed by atoms with Crippen LogP contribution in [0.15, 0.2) is 24.3 Å². The third kappa shape index (κ3) is 3.09. The zero-order chi connectivity index (χ0) is 13.9. The number of rotatable bonds is 5. The number of benzene rings is 1. The van der Waals surface area contributed by atoms with Gasteiger partial charge >= 0.3 is 0 Å². The molecule has 1 rings (SSSR count). The van der Waals surface area contributed by atoms with Gasteiger partial charge in [-0.2, -0.15) is 0 Å². The summed E-state index contributed by atoms with van der Waals surface area (Å²) in [6, 6.07) is 6.66. The summed E-state index contributed by atoms with van der Waals surface area (Å²) in [5, 5.41) is 0. The van der Waals surface area contributed by atoms with E-state index in [0.717, 1.165) is 6.42 Å². The van der Waals surface area contributed by atoms with E-state index in [1.165, 1.54) is 6.07 Å². The van der Waals surface area contributed by atoms with Crippen LogP contribution in [0.2, 0.25) is 0 Å². The largest absolute Gasteiger partial charge is 0.326 e. The van der Waals surface area contributed by atoms with E-state index in [-0.39, 0.29) is 23.4 Å². The molecule has 0 saturated heterocycles. The zero-order valence-electron chi connectivity index (χ0n) is 12.1. The van der Waals surface area contributed by atoms with Crippen molar-refractivity contribution in [2.45, 2.75) is 51.7 Å². The molecule has 0 spiro atoms. The van der Waals surface area contributed by atoms with E-state index in [0.29, 0.717) is 5.56 Å². The lowest BCUT2D eigenvalue weighted by molar-refractivity contribution is 0.0827. The summed E-state index contributed by atoms with van der Waals surface area (Å²) in [6.07, 6.45) is 0.987. The first kappa shape index (κ1) is 15.1. The first-order valence-corrected chi connectivity index (χ1v) is 6.54. The average Bonchev–Trinajstić information content (AvgIpc) is 2.31. The van der Waals surface area contributed by atoms with Crippen LogP contribution in [0.4, 0.5) is 4.39 Å². The summed E-state index contributed by atoms with van der Waals surface area (Å²) in [6.45, 7) is 8.38. The van der Waals surface area contributed by atoms with Gasteiger partial charge in [-0.15, -0.1) is 0 Å². The lowest BCUT2D eigenvalue weighted by atomic mass is 9.91. The monoisotopic (exact) mass is 252 g/mol. The van der Waals surface area contributed by atoms with Crippen molar-refractivity contribution in [3.05, 3.63) is 35.6 Å². The van der Waals surface area contributed by atoms with E-state index >= 15 is 0 Å². The van der Waals surface area contributed by atoms with E-state index in [1.807, 2.05) is 26.1 Å². The summed E-state index contributed by atoms with van der Waals surface area (Å²) in [5.41, 5.74) is 6.75. The van der Waals surface area contributed by atoms with E-state index in [2.05, 4.69) is 25.7 Å².